The second-order valence-electron chi connectivity index (χ2n) is 3.69. The van der Waals surface area contributed by atoms with Gasteiger partial charge < -0.3 is 5.73 Å². The Bertz CT molecular complexity index is 588. The molecule has 0 radical (unpaired) electrons. The lowest BCUT2D eigenvalue weighted by molar-refractivity contribution is 0.805. The van der Waals surface area contributed by atoms with Gasteiger partial charge in [-0.25, -0.2) is 9.67 Å². The van der Waals surface area contributed by atoms with Crippen LogP contribution in [0.15, 0.2) is 18.2 Å². The van der Waals surface area contributed by atoms with E-state index in [-0.39, 0.29) is 5.84 Å². The largest absolute Gasteiger partial charge is 0.382 e. The molecule has 2 heterocycles. The highest BCUT2D eigenvalue weighted by atomic mass is 35.5. The van der Waals surface area contributed by atoms with Crippen molar-refractivity contribution in [2.45, 2.75) is 13.8 Å². The van der Waals surface area contributed by atoms with Crippen LogP contribution in [0.2, 0.25) is 5.02 Å². The summed E-state index contributed by atoms with van der Waals surface area (Å²) in [6.07, 6.45) is 0. The third-order valence-electron chi connectivity index (χ3n) is 2.43. The number of aromatic nitrogens is 3. The first-order chi connectivity index (χ1) is 8.00. The second-order valence-corrected chi connectivity index (χ2v) is 4.07. The molecule has 0 aliphatic carbocycles. The molecule has 0 saturated carbocycles. The molecule has 0 aliphatic heterocycles. The lowest BCUT2D eigenvalue weighted by atomic mass is 10.3. The van der Waals surface area contributed by atoms with Gasteiger partial charge in [0.25, 0.3) is 0 Å². The molecule has 5 nitrogen and oxygen atoms in total. The Morgan fingerprint density at radius 1 is 1.41 bits per heavy atom. The van der Waals surface area contributed by atoms with E-state index in [2.05, 4.69) is 10.1 Å². The minimum Gasteiger partial charge on any atom is -0.382 e. The fourth-order valence-corrected chi connectivity index (χ4v) is 1.66. The lowest BCUT2D eigenvalue weighted by Gasteiger charge is -2.05. The minimum atomic E-state index is -0.0699. The molecule has 0 spiro atoms. The van der Waals surface area contributed by atoms with E-state index in [1.54, 1.807) is 22.9 Å². The summed E-state index contributed by atoms with van der Waals surface area (Å²) in [5.41, 5.74) is 7.39. The van der Waals surface area contributed by atoms with Gasteiger partial charge in [0.2, 0.25) is 0 Å². The number of pyridine rings is 1. The molecule has 6 heteroatoms. The van der Waals surface area contributed by atoms with Gasteiger partial charge in [-0.05, 0) is 26.0 Å². The zero-order valence-corrected chi connectivity index (χ0v) is 10.3. The Balaban J connectivity index is 2.56. The third kappa shape index (κ3) is 2.01. The Kier molecular flexibility index (Phi) is 2.85. The van der Waals surface area contributed by atoms with Crippen LogP contribution in [0.25, 0.3) is 5.82 Å². The highest BCUT2D eigenvalue weighted by Crippen LogP contribution is 2.21. The van der Waals surface area contributed by atoms with Gasteiger partial charge >= 0.3 is 0 Å². The van der Waals surface area contributed by atoms with Crippen LogP contribution in [-0.4, -0.2) is 20.6 Å². The first-order valence-corrected chi connectivity index (χ1v) is 5.42. The topological polar surface area (TPSA) is 80.6 Å². The number of nitrogens with two attached hydrogens (primary N) is 1. The quantitative estimate of drug-likeness (QED) is 0.629. The summed E-state index contributed by atoms with van der Waals surface area (Å²) < 4.78 is 1.64. The third-order valence-corrected chi connectivity index (χ3v) is 2.98. The summed E-state index contributed by atoms with van der Waals surface area (Å²) in [6.45, 7) is 3.70. The standard InChI is InChI=1S/C11H12ClN5/c1-6-10(12)7(2)17(16-6)9-5-3-4-8(15-9)11(13)14/h3-5H,1-2H3,(H3,13,14). The molecule has 0 fully saturated rings. The van der Waals surface area contributed by atoms with Crippen molar-refractivity contribution in [2.75, 3.05) is 0 Å². The molecule has 2 aromatic heterocycles. The molecule has 88 valence electrons. The van der Waals surface area contributed by atoms with E-state index < -0.39 is 0 Å². The predicted octanol–water partition coefficient (Wildman–Crippen LogP) is 1.82. The van der Waals surface area contributed by atoms with Crippen LogP contribution in [0.1, 0.15) is 17.1 Å². The molecular weight excluding hydrogens is 238 g/mol. The van der Waals surface area contributed by atoms with Gasteiger partial charge in [0.05, 0.1) is 16.4 Å². The van der Waals surface area contributed by atoms with Crippen LogP contribution in [0.4, 0.5) is 0 Å². The first kappa shape index (κ1) is 11.6. The second kappa shape index (κ2) is 4.18. The van der Waals surface area contributed by atoms with E-state index in [0.717, 1.165) is 11.4 Å². The molecule has 2 rings (SSSR count). The van der Waals surface area contributed by atoms with Crippen molar-refractivity contribution in [1.82, 2.24) is 14.8 Å². The number of nitrogen functional groups attached to an aromatic ring is 1. The minimum absolute atomic E-state index is 0.0699. The first-order valence-electron chi connectivity index (χ1n) is 5.04. The number of amidine groups is 1. The van der Waals surface area contributed by atoms with Gasteiger partial charge in [0.15, 0.2) is 5.82 Å². The number of halogens is 1. The fraction of sp³-hybridized carbons (Fsp3) is 0.182. The van der Waals surface area contributed by atoms with E-state index in [1.165, 1.54) is 0 Å². The van der Waals surface area contributed by atoms with E-state index in [1.807, 2.05) is 13.8 Å². The number of nitrogens with zero attached hydrogens (tertiary/aromatic N) is 3. The van der Waals surface area contributed by atoms with Crippen LogP contribution in [-0.2, 0) is 0 Å². The average molecular weight is 250 g/mol. The van der Waals surface area contributed by atoms with Crippen LogP contribution in [0.5, 0.6) is 0 Å². The maximum Gasteiger partial charge on any atom is 0.154 e. The zero-order valence-electron chi connectivity index (χ0n) is 9.53. The summed E-state index contributed by atoms with van der Waals surface area (Å²) in [5, 5.41) is 12.3. The number of aryl methyl sites for hydroxylation is 1. The Morgan fingerprint density at radius 3 is 2.65 bits per heavy atom. The molecule has 0 bridgehead atoms. The van der Waals surface area contributed by atoms with E-state index in [9.17, 15) is 0 Å². The number of nitrogens with one attached hydrogen (secondary N) is 1. The zero-order chi connectivity index (χ0) is 12.6. The Hall–Kier alpha value is -1.88. The molecule has 0 saturated heterocycles. The van der Waals surface area contributed by atoms with Crippen molar-refractivity contribution in [3.8, 4) is 5.82 Å². The molecule has 0 unspecified atom stereocenters. The molecule has 0 atom stereocenters. The summed E-state index contributed by atoms with van der Waals surface area (Å²) in [5.74, 6) is 0.532. The van der Waals surface area contributed by atoms with Crippen molar-refractivity contribution < 1.29 is 0 Å². The van der Waals surface area contributed by atoms with Gasteiger partial charge in [-0.1, -0.05) is 17.7 Å². The maximum atomic E-state index is 7.36. The molecule has 2 aromatic rings. The molecule has 3 N–H and O–H groups in total. The monoisotopic (exact) mass is 249 g/mol. The highest BCUT2D eigenvalue weighted by Gasteiger charge is 2.12. The van der Waals surface area contributed by atoms with Crippen molar-refractivity contribution >= 4 is 17.4 Å². The smallest absolute Gasteiger partial charge is 0.154 e. The van der Waals surface area contributed by atoms with Crippen LogP contribution >= 0.6 is 11.6 Å². The summed E-state index contributed by atoms with van der Waals surface area (Å²) >= 11 is 6.07. The lowest BCUT2D eigenvalue weighted by Crippen LogP contribution is -2.14. The number of hydrogen-bond acceptors (Lipinski definition) is 3. The average Bonchev–Trinajstić information content (AvgIpc) is 2.57. The van der Waals surface area contributed by atoms with Crippen molar-refractivity contribution in [3.05, 3.63) is 40.3 Å². The SMILES string of the molecule is Cc1nn(-c2cccc(C(=N)N)n2)c(C)c1Cl. The van der Waals surface area contributed by atoms with Crippen molar-refractivity contribution in [1.29, 1.82) is 5.41 Å². The molecule has 17 heavy (non-hydrogen) atoms. The van der Waals surface area contributed by atoms with Gasteiger partial charge in [-0.15, -0.1) is 0 Å². The Labute approximate surface area is 104 Å². The number of hydrogen-bond donors (Lipinski definition) is 2. The highest BCUT2D eigenvalue weighted by molar-refractivity contribution is 6.31. The van der Waals surface area contributed by atoms with E-state index in [4.69, 9.17) is 22.7 Å². The van der Waals surface area contributed by atoms with Crippen LogP contribution in [0.3, 0.4) is 0 Å². The van der Waals surface area contributed by atoms with Crippen LogP contribution in [0, 0.1) is 19.3 Å². The normalized spacial score (nSPS) is 10.5. The summed E-state index contributed by atoms with van der Waals surface area (Å²) in [4.78, 5) is 4.25. The van der Waals surface area contributed by atoms with Gasteiger partial charge in [-0.3, -0.25) is 5.41 Å². The Morgan fingerprint density at radius 2 is 2.12 bits per heavy atom. The van der Waals surface area contributed by atoms with Gasteiger partial charge in [0.1, 0.15) is 11.5 Å². The van der Waals surface area contributed by atoms with Gasteiger partial charge in [-0.2, -0.15) is 5.10 Å². The summed E-state index contributed by atoms with van der Waals surface area (Å²) in [7, 11) is 0. The van der Waals surface area contributed by atoms with E-state index >= 15 is 0 Å². The summed E-state index contributed by atoms with van der Waals surface area (Å²) in [6, 6.07) is 5.25. The fourth-order valence-electron chi connectivity index (χ4n) is 1.54. The van der Waals surface area contributed by atoms with Crippen molar-refractivity contribution in [2.24, 2.45) is 5.73 Å². The number of rotatable bonds is 2. The molecule has 0 amide bonds. The molecular formula is C11H12ClN5. The molecule has 0 aromatic carbocycles. The molecule has 0 aliphatic rings. The van der Waals surface area contributed by atoms with Gasteiger partial charge in [0, 0.05) is 0 Å². The predicted molar refractivity (Wildman–Crippen MR) is 66.9 cm³/mol. The van der Waals surface area contributed by atoms with E-state index in [0.29, 0.717) is 16.5 Å². The maximum absolute atomic E-state index is 7.36. The van der Waals surface area contributed by atoms with Crippen molar-refractivity contribution in [3.63, 3.8) is 0 Å². The van der Waals surface area contributed by atoms with Crippen LogP contribution < -0.4 is 5.73 Å².